The van der Waals surface area contributed by atoms with Gasteiger partial charge < -0.3 is 4.74 Å². The van der Waals surface area contributed by atoms with E-state index in [1.807, 2.05) is 54.6 Å². The van der Waals surface area contributed by atoms with Crippen LogP contribution in [-0.4, -0.2) is 12.4 Å². The Kier molecular flexibility index (Phi) is 13.5. The van der Waals surface area contributed by atoms with Crippen LogP contribution in [0.3, 0.4) is 0 Å². The predicted molar refractivity (Wildman–Crippen MR) is 132 cm³/mol. The van der Waals surface area contributed by atoms with Gasteiger partial charge in [-0.1, -0.05) is 133 Å². The van der Waals surface area contributed by atoms with Gasteiger partial charge in [-0.05, 0) is 18.6 Å². The van der Waals surface area contributed by atoms with Gasteiger partial charge in [0.1, 0.15) is 5.75 Å². The normalized spacial score (nSPS) is 10.9. The molecule has 2 rings (SSSR count). The molecule has 0 bridgehead atoms. The first-order chi connectivity index (χ1) is 15.3. The fourth-order valence-corrected chi connectivity index (χ4v) is 3.97. The first-order valence-electron chi connectivity index (χ1n) is 12.6. The summed E-state index contributed by atoms with van der Waals surface area (Å²) in [5.74, 6) is 0.832. The minimum Gasteiger partial charge on any atom is -0.494 e. The second-order valence-electron chi connectivity index (χ2n) is 8.67. The highest BCUT2D eigenvalue weighted by Crippen LogP contribution is 2.18. The lowest BCUT2D eigenvalue weighted by Gasteiger charge is -2.08. The van der Waals surface area contributed by atoms with Crippen LogP contribution in [0, 0.1) is 0 Å². The molecule has 0 heterocycles. The zero-order valence-corrected chi connectivity index (χ0v) is 19.6. The Bertz CT molecular complexity index is 708. The summed E-state index contributed by atoms with van der Waals surface area (Å²) in [4.78, 5) is 12.6. The summed E-state index contributed by atoms with van der Waals surface area (Å²) >= 11 is 0. The average molecular weight is 423 g/mol. The van der Waals surface area contributed by atoms with E-state index >= 15 is 0 Å². The molecular formula is C29H42O2. The quantitative estimate of drug-likeness (QED) is 0.177. The standard InChI is InChI=1S/C29H42O2/c1-2-3-4-5-6-7-8-9-10-11-12-13-14-18-24-31-28-23-19-22-27(25-28)29(30)26-20-16-15-17-21-26/h15-17,19-23,25H,2-14,18,24H2,1H3. The van der Waals surface area contributed by atoms with Gasteiger partial charge in [-0.2, -0.15) is 0 Å². The Balaban J connectivity index is 1.47. The van der Waals surface area contributed by atoms with E-state index in [-0.39, 0.29) is 5.78 Å². The Morgan fingerprint density at radius 2 is 1.13 bits per heavy atom. The maximum Gasteiger partial charge on any atom is 0.193 e. The van der Waals surface area contributed by atoms with Crippen molar-refractivity contribution in [2.45, 2.75) is 96.8 Å². The predicted octanol–water partition coefficient (Wildman–Crippen LogP) is 8.78. The van der Waals surface area contributed by atoms with E-state index < -0.39 is 0 Å². The highest BCUT2D eigenvalue weighted by Gasteiger charge is 2.09. The average Bonchev–Trinajstić information content (AvgIpc) is 2.82. The zero-order chi connectivity index (χ0) is 22.0. The van der Waals surface area contributed by atoms with Gasteiger partial charge in [0.2, 0.25) is 0 Å². The molecule has 2 nitrogen and oxygen atoms in total. The third kappa shape index (κ3) is 11.2. The second-order valence-corrected chi connectivity index (χ2v) is 8.67. The Labute approximate surface area is 190 Å². The van der Waals surface area contributed by atoms with Crippen molar-refractivity contribution in [3.05, 3.63) is 65.7 Å². The van der Waals surface area contributed by atoms with Gasteiger partial charge in [0.15, 0.2) is 5.78 Å². The molecule has 0 unspecified atom stereocenters. The molecule has 2 aromatic carbocycles. The first-order valence-corrected chi connectivity index (χ1v) is 12.6. The van der Waals surface area contributed by atoms with Crippen molar-refractivity contribution in [1.82, 2.24) is 0 Å². The van der Waals surface area contributed by atoms with E-state index in [1.165, 1.54) is 83.5 Å². The van der Waals surface area contributed by atoms with Gasteiger partial charge in [-0.3, -0.25) is 4.79 Å². The van der Waals surface area contributed by atoms with Crippen LogP contribution in [0.2, 0.25) is 0 Å². The summed E-state index contributed by atoms with van der Waals surface area (Å²) in [7, 11) is 0. The molecule has 0 aliphatic carbocycles. The molecule has 0 aromatic heterocycles. The molecule has 31 heavy (non-hydrogen) atoms. The third-order valence-corrected chi connectivity index (χ3v) is 5.90. The van der Waals surface area contributed by atoms with Crippen molar-refractivity contribution in [1.29, 1.82) is 0 Å². The van der Waals surface area contributed by atoms with Crippen molar-refractivity contribution in [2.24, 2.45) is 0 Å². The van der Waals surface area contributed by atoms with Crippen molar-refractivity contribution in [2.75, 3.05) is 6.61 Å². The highest BCUT2D eigenvalue weighted by molar-refractivity contribution is 6.09. The molecule has 170 valence electrons. The van der Waals surface area contributed by atoms with Gasteiger partial charge in [0, 0.05) is 11.1 Å². The van der Waals surface area contributed by atoms with Gasteiger partial charge >= 0.3 is 0 Å². The number of hydrogen-bond acceptors (Lipinski definition) is 2. The lowest BCUT2D eigenvalue weighted by atomic mass is 10.0. The van der Waals surface area contributed by atoms with Crippen molar-refractivity contribution >= 4 is 5.78 Å². The van der Waals surface area contributed by atoms with Crippen LogP contribution in [0.4, 0.5) is 0 Å². The smallest absolute Gasteiger partial charge is 0.193 e. The van der Waals surface area contributed by atoms with E-state index in [9.17, 15) is 4.79 Å². The molecular weight excluding hydrogens is 380 g/mol. The minimum absolute atomic E-state index is 0.0440. The number of ether oxygens (including phenoxy) is 1. The molecule has 0 saturated carbocycles. The molecule has 0 aliphatic heterocycles. The van der Waals surface area contributed by atoms with E-state index in [0.29, 0.717) is 11.1 Å². The molecule has 0 fully saturated rings. The van der Waals surface area contributed by atoms with Crippen LogP contribution >= 0.6 is 0 Å². The molecule has 2 aromatic rings. The molecule has 0 aliphatic rings. The highest BCUT2D eigenvalue weighted by atomic mass is 16.5. The SMILES string of the molecule is CCCCCCCCCCCCCCCCOc1cccc(C(=O)c2ccccc2)c1. The molecule has 0 radical (unpaired) electrons. The van der Waals surface area contributed by atoms with E-state index in [1.54, 1.807) is 0 Å². The maximum atomic E-state index is 12.6. The fourth-order valence-electron chi connectivity index (χ4n) is 3.97. The number of rotatable bonds is 18. The van der Waals surface area contributed by atoms with E-state index in [2.05, 4.69) is 6.92 Å². The zero-order valence-electron chi connectivity index (χ0n) is 19.6. The maximum absolute atomic E-state index is 12.6. The van der Waals surface area contributed by atoms with Crippen molar-refractivity contribution in [3.8, 4) is 5.75 Å². The molecule has 0 spiro atoms. The molecule has 2 heteroatoms. The summed E-state index contributed by atoms with van der Waals surface area (Å²) in [5.41, 5.74) is 1.40. The summed E-state index contributed by atoms with van der Waals surface area (Å²) in [6.45, 7) is 3.00. The monoisotopic (exact) mass is 422 g/mol. The third-order valence-electron chi connectivity index (χ3n) is 5.90. The van der Waals surface area contributed by atoms with Crippen LogP contribution < -0.4 is 4.74 Å². The lowest BCUT2D eigenvalue weighted by Crippen LogP contribution is -2.02. The second kappa shape index (κ2) is 16.6. The summed E-state index contributed by atoms with van der Waals surface area (Å²) < 4.78 is 5.89. The Morgan fingerprint density at radius 1 is 0.613 bits per heavy atom. The largest absolute Gasteiger partial charge is 0.494 e. The fraction of sp³-hybridized carbons (Fsp3) is 0.552. The number of hydrogen-bond donors (Lipinski definition) is 0. The van der Waals surface area contributed by atoms with Gasteiger partial charge in [-0.15, -0.1) is 0 Å². The van der Waals surface area contributed by atoms with Gasteiger partial charge in [-0.25, -0.2) is 0 Å². The molecule has 0 amide bonds. The van der Waals surface area contributed by atoms with Gasteiger partial charge in [0.25, 0.3) is 0 Å². The van der Waals surface area contributed by atoms with Crippen LogP contribution in [0.5, 0.6) is 5.75 Å². The van der Waals surface area contributed by atoms with Crippen molar-refractivity contribution < 1.29 is 9.53 Å². The van der Waals surface area contributed by atoms with E-state index in [4.69, 9.17) is 4.74 Å². The number of carbonyl (C=O) groups excluding carboxylic acids is 1. The molecule has 0 atom stereocenters. The van der Waals surface area contributed by atoms with Crippen molar-refractivity contribution in [3.63, 3.8) is 0 Å². The minimum atomic E-state index is 0.0440. The number of benzene rings is 2. The number of ketones is 1. The Hall–Kier alpha value is -2.09. The number of carbonyl (C=O) groups is 1. The van der Waals surface area contributed by atoms with Gasteiger partial charge in [0.05, 0.1) is 6.61 Å². The van der Waals surface area contributed by atoms with Crippen LogP contribution in [0.25, 0.3) is 0 Å². The number of unbranched alkanes of at least 4 members (excludes halogenated alkanes) is 13. The molecule has 0 N–H and O–H groups in total. The molecule has 0 saturated heterocycles. The summed E-state index contributed by atoms with van der Waals surface area (Å²) in [5, 5.41) is 0. The first kappa shape index (κ1) is 25.2. The topological polar surface area (TPSA) is 26.3 Å². The summed E-state index contributed by atoms with van der Waals surface area (Å²) in [6.07, 6.45) is 19.0. The van der Waals surface area contributed by atoms with Crippen LogP contribution in [0.1, 0.15) is 113 Å². The lowest BCUT2D eigenvalue weighted by molar-refractivity contribution is 0.103. The summed E-state index contributed by atoms with van der Waals surface area (Å²) in [6, 6.07) is 17.0. The van der Waals surface area contributed by atoms with E-state index in [0.717, 1.165) is 18.8 Å². The Morgan fingerprint density at radius 3 is 1.71 bits per heavy atom. The van der Waals surface area contributed by atoms with Crippen LogP contribution in [0.15, 0.2) is 54.6 Å². The van der Waals surface area contributed by atoms with Crippen LogP contribution in [-0.2, 0) is 0 Å².